The van der Waals surface area contributed by atoms with Gasteiger partial charge in [0.2, 0.25) is 0 Å². The highest BCUT2D eigenvalue weighted by Crippen LogP contribution is 2.30. The van der Waals surface area contributed by atoms with Crippen LogP contribution in [0.25, 0.3) is 0 Å². The van der Waals surface area contributed by atoms with E-state index in [1.807, 2.05) is 4.90 Å². The average Bonchev–Trinajstić information content (AvgIpc) is 2.92. The third-order valence-electron chi connectivity index (χ3n) is 3.83. The van der Waals surface area contributed by atoms with Crippen molar-refractivity contribution >= 4 is 11.6 Å². The molecule has 110 valence electrons. The van der Waals surface area contributed by atoms with Crippen molar-refractivity contribution in [1.29, 1.82) is 0 Å². The zero-order valence-corrected chi connectivity index (χ0v) is 11.8. The lowest BCUT2D eigenvalue weighted by atomic mass is 10.1. The molecule has 0 bridgehead atoms. The van der Waals surface area contributed by atoms with Crippen LogP contribution < -0.4 is 10.5 Å². The van der Waals surface area contributed by atoms with E-state index in [0.717, 1.165) is 32.2 Å². The number of carbonyl (C=O) groups excluding carboxylic acids is 1. The number of aliphatic hydroxyl groups excluding tert-OH is 1. The van der Waals surface area contributed by atoms with Gasteiger partial charge in [0, 0.05) is 24.9 Å². The smallest absolute Gasteiger partial charge is 0.259 e. The number of amides is 1. The quantitative estimate of drug-likeness (QED) is 0.803. The first kappa shape index (κ1) is 14.7. The molecule has 3 N–H and O–H groups in total. The summed E-state index contributed by atoms with van der Waals surface area (Å²) in [5, 5.41) is 8.95. The summed E-state index contributed by atoms with van der Waals surface area (Å²) in [5.41, 5.74) is 6.84. The fraction of sp³-hybridized carbons (Fsp3) is 0.533. The molecule has 1 aliphatic heterocycles. The molecule has 1 saturated heterocycles. The van der Waals surface area contributed by atoms with Gasteiger partial charge in [-0.1, -0.05) is 6.07 Å². The third kappa shape index (κ3) is 2.88. The Bertz CT molecular complexity index is 476. The molecular weight excluding hydrogens is 256 g/mol. The predicted molar refractivity (Wildman–Crippen MR) is 77.8 cm³/mol. The highest BCUT2D eigenvalue weighted by molar-refractivity contribution is 6.02. The molecule has 5 heteroatoms. The van der Waals surface area contributed by atoms with E-state index < -0.39 is 0 Å². The van der Waals surface area contributed by atoms with Gasteiger partial charge in [-0.25, -0.2) is 0 Å². The number of anilines is 1. The molecule has 1 unspecified atom stereocenters. The highest BCUT2D eigenvalue weighted by Gasteiger charge is 2.31. The van der Waals surface area contributed by atoms with Gasteiger partial charge in [0.15, 0.2) is 0 Å². The van der Waals surface area contributed by atoms with Crippen LogP contribution in [-0.4, -0.2) is 42.2 Å². The fourth-order valence-electron chi connectivity index (χ4n) is 2.82. The van der Waals surface area contributed by atoms with Crippen molar-refractivity contribution in [3.63, 3.8) is 0 Å². The normalized spacial score (nSPS) is 18.3. The van der Waals surface area contributed by atoms with Crippen LogP contribution in [0.3, 0.4) is 0 Å². The summed E-state index contributed by atoms with van der Waals surface area (Å²) < 4.78 is 5.26. The first-order valence-electron chi connectivity index (χ1n) is 7.03. The maximum Gasteiger partial charge on any atom is 0.259 e. The second kappa shape index (κ2) is 6.61. The van der Waals surface area contributed by atoms with E-state index >= 15 is 0 Å². The van der Waals surface area contributed by atoms with E-state index in [1.165, 1.54) is 0 Å². The first-order valence-corrected chi connectivity index (χ1v) is 7.03. The topological polar surface area (TPSA) is 75.8 Å². The minimum absolute atomic E-state index is 0.0691. The second-order valence-corrected chi connectivity index (χ2v) is 5.08. The molecule has 2 rings (SSSR count). The molecule has 20 heavy (non-hydrogen) atoms. The minimum Gasteiger partial charge on any atom is -0.496 e. The molecule has 5 nitrogen and oxygen atoms in total. The molecule has 1 amide bonds. The van der Waals surface area contributed by atoms with E-state index in [0.29, 0.717) is 17.0 Å². The number of hydrogen-bond acceptors (Lipinski definition) is 4. The number of likely N-dealkylation sites (tertiary alicyclic amines) is 1. The number of nitrogen functional groups attached to an aromatic ring is 1. The van der Waals surface area contributed by atoms with E-state index in [9.17, 15) is 4.79 Å². The Morgan fingerprint density at radius 1 is 1.55 bits per heavy atom. The molecule has 0 aromatic heterocycles. The molecule has 0 saturated carbocycles. The highest BCUT2D eigenvalue weighted by atomic mass is 16.5. The van der Waals surface area contributed by atoms with Crippen molar-refractivity contribution in [2.45, 2.75) is 31.7 Å². The second-order valence-electron chi connectivity index (χ2n) is 5.08. The Morgan fingerprint density at radius 3 is 3.05 bits per heavy atom. The maximum atomic E-state index is 12.7. The number of benzene rings is 1. The summed E-state index contributed by atoms with van der Waals surface area (Å²) in [6, 6.07) is 5.44. The Morgan fingerprint density at radius 2 is 2.35 bits per heavy atom. The lowest BCUT2D eigenvalue weighted by Gasteiger charge is -2.26. The Kier molecular flexibility index (Phi) is 4.84. The van der Waals surface area contributed by atoms with Gasteiger partial charge in [0.05, 0.1) is 7.11 Å². The van der Waals surface area contributed by atoms with E-state index in [4.69, 9.17) is 15.6 Å². The zero-order chi connectivity index (χ0) is 14.5. The molecule has 1 heterocycles. The minimum atomic E-state index is -0.0691. The SMILES string of the molecule is COc1cccc(N)c1C(=O)N1CCCC1CCCO. The molecule has 0 spiro atoms. The molecule has 1 aromatic rings. The molecular formula is C15H22N2O3. The standard InChI is InChI=1S/C15H22N2O3/c1-20-13-8-2-7-12(16)14(13)15(19)17-9-3-5-11(17)6-4-10-18/h2,7-8,11,18H,3-6,9-10,16H2,1H3. The molecule has 0 radical (unpaired) electrons. The van der Waals surface area contributed by atoms with Crippen molar-refractivity contribution in [2.24, 2.45) is 0 Å². The zero-order valence-electron chi connectivity index (χ0n) is 11.8. The van der Waals surface area contributed by atoms with Gasteiger partial charge < -0.3 is 20.5 Å². The van der Waals surface area contributed by atoms with E-state index in [1.54, 1.807) is 25.3 Å². The molecule has 1 aromatic carbocycles. The number of ether oxygens (including phenoxy) is 1. The van der Waals surface area contributed by atoms with Crippen LogP contribution in [-0.2, 0) is 0 Å². The summed E-state index contributed by atoms with van der Waals surface area (Å²) >= 11 is 0. The third-order valence-corrected chi connectivity index (χ3v) is 3.83. The number of nitrogens with zero attached hydrogens (tertiary/aromatic N) is 1. The summed E-state index contributed by atoms with van der Waals surface area (Å²) in [6.45, 7) is 0.905. The summed E-state index contributed by atoms with van der Waals surface area (Å²) in [7, 11) is 1.54. The van der Waals surface area contributed by atoms with Crippen LogP contribution in [0.2, 0.25) is 0 Å². The van der Waals surface area contributed by atoms with Gasteiger partial charge in [-0.05, 0) is 37.8 Å². The number of rotatable bonds is 5. The van der Waals surface area contributed by atoms with Gasteiger partial charge in [-0.15, -0.1) is 0 Å². The Labute approximate surface area is 119 Å². The van der Waals surface area contributed by atoms with Crippen LogP contribution in [0.4, 0.5) is 5.69 Å². The first-order chi connectivity index (χ1) is 9.69. The van der Waals surface area contributed by atoms with Crippen molar-refractivity contribution in [3.8, 4) is 5.75 Å². The van der Waals surface area contributed by atoms with Crippen LogP contribution in [0.15, 0.2) is 18.2 Å². The Balaban J connectivity index is 2.22. The summed E-state index contributed by atoms with van der Waals surface area (Å²) in [4.78, 5) is 14.6. The van der Waals surface area contributed by atoms with Crippen molar-refractivity contribution in [2.75, 3.05) is 26.0 Å². The van der Waals surface area contributed by atoms with Crippen molar-refractivity contribution in [1.82, 2.24) is 4.90 Å². The number of hydrogen-bond donors (Lipinski definition) is 2. The molecule has 0 aliphatic carbocycles. The molecule has 1 atom stereocenters. The summed E-state index contributed by atoms with van der Waals surface area (Å²) in [5.74, 6) is 0.447. The maximum absolute atomic E-state index is 12.7. The average molecular weight is 278 g/mol. The Hall–Kier alpha value is -1.75. The van der Waals surface area contributed by atoms with Crippen molar-refractivity contribution < 1.29 is 14.6 Å². The van der Waals surface area contributed by atoms with E-state index in [2.05, 4.69) is 0 Å². The lowest BCUT2D eigenvalue weighted by molar-refractivity contribution is 0.0722. The van der Waals surface area contributed by atoms with Gasteiger partial charge in [0.25, 0.3) is 5.91 Å². The number of aliphatic hydroxyl groups is 1. The van der Waals surface area contributed by atoms with Crippen LogP contribution in [0.1, 0.15) is 36.0 Å². The van der Waals surface area contributed by atoms with Crippen molar-refractivity contribution in [3.05, 3.63) is 23.8 Å². The number of methoxy groups -OCH3 is 1. The van der Waals surface area contributed by atoms with E-state index in [-0.39, 0.29) is 18.6 Å². The lowest BCUT2D eigenvalue weighted by Crippen LogP contribution is -2.36. The summed E-state index contributed by atoms with van der Waals surface area (Å²) in [6.07, 6.45) is 3.53. The molecule has 1 aliphatic rings. The van der Waals surface area contributed by atoms with Crippen LogP contribution in [0.5, 0.6) is 5.75 Å². The number of carbonyl (C=O) groups is 1. The fourth-order valence-corrected chi connectivity index (χ4v) is 2.82. The van der Waals surface area contributed by atoms with Crippen LogP contribution in [0, 0.1) is 0 Å². The van der Waals surface area contributed by atoms with Crippen LogP contribution >= 0.6 is 0 Å². The molecule has 1 fully saturated rings. The number of nitrogens with two attached hydrogens (primary N) is 1. The van der Waals surface area contributed by atoms with Gasteiger partial charge in [-0.2, -0.15) is 0 Å². The van der Waals surface area contributed by atoms with Gasteiger partial charge in [-0.3, -0.25) is 4.79 Å². The predicted octanol–water partition coefficient (Wildman–Crippen LogP) is 1.65. The van der Waals surface area contributed by atoms with Gasteiger partial charge in [0.1, 0.15) is 11.3 Å². The van der Waals surface area contributed by atoms with Gasteiger partial charge >= 0.3 is 0 Å². The monoisotopic (exact) mass is 278 g/mol. The largest absolute Gasteiger partial charge is 0.496 e.